The summed E-state index contributed by atoms with van der Waals surface area (Å²) in [4.78, 5) is 15.6. The van der Waals surface area contributed by atoms with Gasteiger partial charge in [0.15, 0.2) is 5.96 Å². The summed E-state index contributed by atoms with van der Waals surface area (Å²) in [6.45, 7) is 2.27. The molecule has 118 valence electrons. The van der Waals surface area contributed by atoms with Crippen LogP contribution in [-0.4, -0.2) is 64.1 Å². The van der Waals surface area contributed by atoms with Crippen molar-refractivity contribution in [2.24, 2.45) is 10.7 Å². The Morgan fingerprint density at radius 3 is 2.70 bits per heavy atom. The van der Waals surface area contributed by atoms with Crippen LogP contribution >= 0.6 is 12.6 Å². The lowest BCUT2D eigenvalue weighted by molar-refractivity contribution is -0.122. The van der Waals surface area contributed by atoms with Crippen LogP contribution < -0.4 is 21.7 Å². The lowest BCUT2D eigenvalue weighted by atomic mass is 10.1. The highest BCUT2D eigenvalue weighted by Gasteiger charge is 2.12. The SMILES string of the molecule is CN=C(NC)NCCCC(N)C(=O)NCCOCCS. The minimum atomic E-state index is -0.488. The minimum absolute atomic E-state index is 0.141. The summed E-state index contributed by atoms with van der Waals surface area (Å²) in [5, 5.41) is 8.76. The van der Waals surface area contributed by atoms with Crippen molar-refractivity contribution in [3.05, 3.63) is 0 Å². The number of thiol groups is 1. The molecular weight excluding hydrogens is 278 g/mol. The van der Waals surface area contributed by atoms with Gasteiger partial charge in [0.05, 0.1) is 19.3 Å². The van der Waals surface area contributed by atoms with Crippen molar-refractivity contribution in [1.29, 1.82) is 0 Å². The lowest BCUT2D eigenvalue weighted by Crippen LogP contribution is -2.42. The summed E-state index contributed by atoms with van der Waals surface area (Å²) in [5.41, 5.74) is 5.80. The lowest BCUT2D eigenvalue weighted by Gasteiger charge is -2.13. The number of nitrogens with zero attached hydrogens (tertiary/aromatic N) is 1. The number of carbonyl (C=O) groups is 1. The molecule has 0 bridgehead atoms. The Labute approximate surface area is 126 Å². The van der Waals surface area contributed by atoms with E-state index in [0.29, 0.717) is 31.9 Å². The third-order valence-electron chi connectivity index (χ3n) is 2.56. The predicted molar refractivity (Wildman–Crippen MR) is 85.3 cm³/mol. The number of aliphatic imine (C=N–C) groups is 1. The monoisotopic (exact) mass is 305 g/mol. The van der Waals surface area contributed by atoms with Crippen LogP contribution in [0.2, 0.25) is 0 Å². The first-order valence-corrected chi connectivity index (χ1v) is 7.39. The van der Waals surface area contributed by atoms with Gasteiger partial charge >= 0.3 is 0 Å². The van der Waals surface area contributed by atoms with Gasteiger partial charge in [-0.1, -0.05) is 0 Å². The molecule has 0 fully saturated rings. The van der Waals surface area contributed by atoms with Gasteiger partial charge in [0, 0.05) is 32.9 Å². The van der Waals surface area contributed by atoms with E-state index in [1.54, 1.807) is 14.1 Å². The fourth-order valence-corrected chi connectivity index (χ4v) is 1.61. The van der Waals surface area contributed by atoms with Gasteiger partial charge in [-0.3, -0.25) is 9.79 Å². The molecule has 20 heavy (non-hydrogen) atoms. The van der Waals surface area contributed by atoms with Crippen molar-refractivity contribution in [2.75, 3.05) is 46.2 Å². The molecule has 0 aromatic heterocycles. The third-order valence-corrected chi connectivity index (χ3v) is 2.75. The number of rotatable bonds is 10. The molecule has 0 spiro atoms. The second-order valence-electron chi connectivity index (χ2n) is 4.12. The summed E-state index contributed by atoms with van der Waals surface area (Å²) in [7, 11) is 3.50. The summed E-state index contributed by atoms with van der Waals surface area (Å²) in [5.74, 6) is 1.26. The summed E-state index contributed by atoms with van der Waals surface area (Å²) in [6.07, 6.45) is 1.42. The highest BCUT2D eigenvalue weighted by atomic mass is 32.1. The average molecular weight is 305 g/mol. The molecule has 1 amide bonds. The van der Waals surface area contributed by atoms with Crippen molar-refractivity contribution in [2.45, 2.75) is 18.9 Å². The van der Waals surface area contributed by atoms with Crippen LogP contribution in [0.5, 0.6) is 0 Å². The zero-order valence-electron chi connectivity index (χ0n) is 12.3. The summed E-state index contributed by atoms with van der Waals surface area (Å²) in [6, 6.07) is -0.488. The average Bonchev–Trinajstić information content (AvgIpc) is 2.46. The Bertz CT molecular complexity index is 289. The van der Waals surface area contributed by atoms with E-state index in [9.17, 15) is 4.79 Å². The Morgan fingerprint density at radius 2 is 2.10 bits per heavy atom. The van der Waals surface area contributed by atoms with Crippen molar-refractivity contribution in [3.8, 4) is 0 Å². The first kappa shape index (κ1) is 19.0. The van der Waals surface area contributed by atoms with Gasteiger partial charge in [0.25, 0.3) is 0 Å². The molecule has 0 rings (SSSR count). The predicted octanol–water partition coefficient (Wildman–Crippen LogP) is -1.05. The highest BCUT2D eigenvalue weighted by Crippen LogP contribution is 1.93. The molecule has 0 aromatic rings. The quantitative estimate of drug-likeness (QED) is 0.153. The Hall–Kier alpha value is -0.990. The molecule has 0 aliphatic rings. The number of carbonyl (C=O) groups excluding carboxylic acids is 1. The van der Waals surface area contributed by atoms with Crippen molar-refractivity contribution < 1.29 is 9.53 Å². The maximum Gasteiger partial charge on any atom is 0.236 e. The number of hydrogen-bond acceptors (Lipinski definition) is 5. The summed E-state index contributed by atoms with van der Waals surface area (Å²) < 4.78 is 5.20. The number of nitrogens with one attached hydrogen (secondary N) is 3. The molecule has 8 heteroatoms. The van der Waals surface area contributed by atoms with Gasteiger partial charge in [-0.05, 0) is 12.8 Å². The molecule has 7 nitrogen and oxygen atoms in total. The maximum absolute atomic E-state index is 11.7. The molecule has 0 aliphatic carbocycles. The van der Waals surface area contributed by atoms with Gasteiger partial charge < -0.3 is 26.4 Å². The van der Waals surface area contributed by atoms with Crippen LogP contribution in [0.15, 0.2) is 4.99 Å². The second kappa shape index (κ2) is 13.0. The van der Waals surface area contributed by atoms with Gasteiger partial charge in [-0.15, -0.1) is 0 Å². The fraction of sp³-hybridized carbons (Fsp3) is 0.833. The van der Waals surface area contributed by atoms with Gasteiger partial charge in [0.2, 0.25) is 5.91 Å². The summed E-state index contributed by atoms with van der Waals surface area (Å²) >= 11 is 4.02. The second-order valence-corrected chi connectivity index (χ2v) is 4.57. The number of guanidine groups is 1. The zero-order chi connectivity index (χ0) is 15.2. The molecular formula is C12H27N5O2S. The van der Waals surface area contributed by atoms with Gasteiger partial charge in [0.1, 0.15) is 0 Å². The van der Waals surface area contributed by atoms with Crippen LogP contribution in [0, 0.1) is 0 Å². The van der Waals surface area contributed by atoms with Crippen molar-refractivity contribution >= 4 is 24.5 Å². The highest BCUT2D eigenvalue weighted by molar-refractivity contribution is 7.80. The van der Waals surface area contributed by atoms with Crippen LogP contribution in [-0.2, 0) is 9.53 Å². The minimum Gasteiger partial charge on any atom is -0.379 e. The van der Waals surface area contributed by atoms with E-state index in [0.717, 1.165) is 18.9 Å². The topological polar surface area (TPSA) is 101 Å². The van der Waals surface area contributed by atoms with Crippen LogP contribution in [0.25, 0.3) is 0 Å². The standard InChI is InChI=1S/C12H27N5O2S/c1-14-12(15-2)17-5-3-4-10(13)11(18)16-6-7-19-8-9-20/h10,20H,3-9,13H2,1-2H3,(H,16,18)(H2,14,15,17). The smallest absolute Gasteiger partial charge is 0.236 e. The molecule has 5 N–H and O–H groups in total. The fourth-order valence-electron chi connectivity index (χ4n) is 1.48. The molecule has 0 saturated heterocycles. The Balaban J connectivity index is 3.59. The molecule has 1 atom stereocenters. The molecule has 0 aromatic carbocycles. The largest absolute Gasteiger partial charge is 0.379 e. The molecule has 1 unspecified atom stereocenters. The first-order valence-electron chi connectivity index (χ1n) is 6.76. The maximum atomic E-state index is 11.7. The normalized spacial score (nSPS) is 12.9. The van der Waals surface area contributed by atoms with Crippen molar-refractivity contribution in [1.82, 2.24) is 16.0 Å². The first-order chi connectivity index (χ1) is 9.65. The Morgan fingerprint density at radius 1 is 1.35 bits per heavy atom. The molecule has 0 radical (unpaired) electrons. The van der Waals surface area contributed by atoms with Gasteiger partial charge in [-0.25, -0.2) is 0 Å². The molecule has 0 heterocycles. The van der Waals surface area contributed by atoms with E-state index in [4.69, 9.17) is 10.5 Å². The molecule has 0 aliphatic heterocycles. The number of amides is 1. The number of hydrogen-bond donors (Lipinski definition) is 5. The van der Waals surface area contributed by atoms with E-state index >= 15 is 0 Å². The zero-order valence-corrected chi connectivity index (χ0v) is 13.2. The Kier molecular flexibility index (Phi) is 12.4. The third kappa shape index (κ3) is 9.88. The van der Waals surface area contributed by atoms with Crippen LogP contribution in [0.1, 0.15) is 12.8 Å². The molecule has 0 saturated carbocycles. The van der Waals surface area contributed by atoms with E-state index in [1.165, 1.54) is 0 Å². The number of ether oxygens (including phenoxy) is 1. The van der Waals surface area contributed by atoms with Crippen LogP contribution in [0.4, 0.5) is 0 Å². The van der Waals surface area contributed by atoms with E-state index in [2.05, 4.69) is 33.6 Å². The van der Waals surface area contributed by atoms with Gasteiger partial charge in [-0.2, -0.15) is 12.6 Å². The van der Waals surface area contributed by atoms with E-state index < -0.39 is 6.04 Å². The van der Waals surface area contributed by atoms with Crippen LogP contribution in [0.3, 0.4) is 0 Å². The van der Waals surface area contributed by atoms with E-state index in [-0.39, 0.29) is 5.91 Å². The number of nitrogens with two attached hydrogens (primary N) is 1. The van der Waals surface area contributed by atoms with E-state index in [1.807, 2.05) is 0 Å². The van der Waals surface area contributed by atoms with Crippen molar-refractivity contribution in [3.63, 3.8) is 0 Å².